The molecule has 1 atom stereocenters. The summed E-state index contributed by atoms with van der Waals surface area (Å²) in [5.74, 6) is 0.916. The van der Waals surface area contributed by atoms with Crippen molar-refractivity contribution in [2.24, 2.45) is 11.7 Å². The van der Waals surface area contributed by atoms with E-state index in [4.69, 9.17) is 5.73 Å². The molecule has 0 aliphatic heterocycles. The summed E-state index contributed by atoms with van der Waals surface area (Å²) < 4.78 is 0. The van der Waals surface area contributed by atoms with Crippen molar-refractivity contribution < 1.29 is 4.79 Å². The van der Waals surface area contributed by atoms with Crippen LogP contribution in [0, 0.1) is 5.92 Å². The van der Waals surface area contributed by atoms with Crippen molar-refractivity contribution in [3.8, 4) is 0 Å². The molecule has 0 bridgehead atoms. The molecule has 1 unspecified atom stereocenters. The summed E-state index contributed by atoms with van der Waals surface area (Å²) in [6.45, 7) is 4.31. The van der Waals surface area contributed by atoms with E-state index >= 15 is 0 Å². The number of carbonyl (C=O) groups excluding carboxylic acids is 1. The Kier molecular flexibility index (Phi) is 5.81. The molecule has 94 valence electrons. The summed E-state index contributed by atoms with van der Waals surface area (Å²) in [5.41, 5.74) is 5.79. The Bertz CT molecular complexity index is 210. The molecule has 1 amide bonds. The van der Waals surface area contributed by atoms with Gasteiger partial charge in [-0.25, -0.2) is 0 Å². The van der Waals surface area contributed by atoms with Gasteiger partial charge in [-0.05, 0) is 38.0 Å². The lowest BCUT2D eigenvalue weighted by Gasteiger charge is -2.29. The smallest absolute Gasteiger partial charge is 0.237 e. The van der Waals surface area contributed by atoms with Gasteiger partial charge in [0.15, 0.2) is 0 Å². The lowest BCUT2D eigenvalue weighted by molar-refractivity contribution is -0.123. The molecule has 0 spiro atoms. The van der Waals surface area contributed by atoms with Crippen LogP contribution in [0.15, 0.2) is 0 Å². The molecule has 0 aromatic rings. The number of nitrogens with two attached hydrogens (primary N) is 1. The van der Waals surface area contributed by atoms with Crippen LogP contribution in [0.25, 0.3) is 0 Å². The number of carbonyl (C=O) groups is 1. The molecule has 0 saturated heterocycles. The maximum atomic E-state index is 11.7. The van der Waals surface area contributed by atoms with Crippen molar-refractivity contribution >= 4 is 5.91 Å². The molecule has 1 saturated carbocycles. The SMILES string of the molecule is CCCC(N)C(=O)NC1CCC(CC)CC1. The Hall–Kier alpha value is -0.570. The second-order valence-electron chi connectivity index (χ2n) is 5.03. The molecule has 0 radical (unpaired) electrons. The molecule has 3 nitrogen and oxygen atoms in total. The lowest BCUT2D eigenvalue weighted by atomic mass is 9.84. The van der Waals surface area contributed by atoms with Crippen LogP contribution in [0.5, 0.6) is 0 Å². The molecule has 1 rings (SSSR count). The minimum absolute atomic E-state index is 0.0433. The molecule has 1 aliphatic carbocycles. The van der Waals surface area contributed by atoms with Crippen LogP contribution in [0.3, 0.4) is 0 Å². The van der Waals surface area contributed by atoms with E-state index in [-0.39, 0.29) is 11.9 Å². The molecule has 0 aromatic carbocycles. The Morgan fingerprint density at radius 1 is 1.31 bits per heavy atom. The van der Waals surface area contributed by atoms with Crippen LogP contribution >= 0.6 is 0 Å². The zero-order chi connectivity index (χ0) is 12.0. The number of rotatable bonds is 5. The highest BCUT2D eigenvalue weighted by Gasteiger charge is 2.22. The fraction of sp³-hybridized carbons (Fsp3) is 0.923. The van der Waals surface area contributed by atoms with Crippen molar-refractivity contribution in [2.45, 2.75) is 70.9 Å². The van der Waals surface area contributed by atoms with Gasteiger partial charge in [-0.2, -0.15) is 0 Å². The third kappa shape index (κ3) is 4.12. The van der Waals surface area contributed by atoms with Gasteiger partial charge < -0.3 is 11.1 Å². The van der Waals surface area contributed by atoms with Gasteiger partial charge in [-0.1, -0.05) is 26.7 Å². The second kappa shape index (κ2) is 6.89. The van der Waals surface area contributed by atoms with Gasteiger partial charge in [0.05, 0.1) is 6.04 Å². The van der Waals surface area contributed by atoms with Crippen LogP contribution in [0.2, 0.25) is 0 Å². The maximum absolute atomic E-state index is 11.7. The van der Waals surface area contributed by atoms with E-state index in [2.05, 4.69) is 19.2 Å². The zero-order valence-corrected chi connectivity index (χ0v) is 10.7. The van der Waals surface area contributed by atoms with Crippen LogP contribution in [-0.4, -0.2) is 18.0 Å². The first kappa shape index (κ1) is 13.5. The highest BCUT2D eigenvalue weighted by atomic mass is 16.2. The summed E-state index contributed by atoms with van der Waals surface area (Å²) in [5, 5.41) is 3.08. The molecular formula is C13H26N2O. The molecule has 3 heteroatoms. The predicted molar refractivity (Wildman–Crippen MR) is 67.1 cm³/mol. The molecule has 0 heterocycles. The third-order valence-electron chi connectivity index (χ3n) is 3.71. The van der Waals surface area contributed by atoms with Crippen molar-refractivity contribution in [3.63, 3.8) is 0 Å². The Morgan fingerprint density at radius 3 is 2.44 bits per heavy atom. The van der Waals surface area contributed by atoms with Crippen LogP contribution in [0.4, 0.5) is 0 Å². The molecule has 0 aromatic heterocycles. The third-order valence-corrected chi connectivity index (χ3v) is 3.71. The summed E-state index contributed by atoms with van der Waals surface area (Å²) in [6, 6.07) is 0.0621. The number of amides is 1. The summed E-state index contributed by atoms with van der Waals surface area (Å²) in [7, 11) is 0. The minimum Gasteiger partial charge on any atom is -0.352 e. The maximum Gasteiger partial charge on any atom is 0.237 e. The number of nitrogens with one attached hydrogen (secondary N) is 1. The largest absolute Gasteiger partial charge is 0.352 e. The Labute approximate surface area is 99.2 Å². The average molecular weight is 226 g/mol. The quantitative estimate of drug-likeness (QED) is 0.755. The zero-order valence-electron chi connectivity index (χ0n) is 10.7. The molecular weight excluding hydrogens is 200 g/mol. The van der Waals surface area contributed by atoms with Crippen LogP contribution in [0.1, 0.15) is 58.8 Å². The first-order chi connectivity index (χ1) is 7.67. The summed E-state index contributed by atoms with van der Waals surface area (Å²) >= 11 is 0. The van der Waals surface area contributed by atoms with E-state index in [9.17, 15) is 4.79 Å². The highest BCUT2D eigenvalue weighted by Crippen LogP contribution is 2.26. The van der Waals surface area contributed by atoms with Gasteiger partial charge >= 0.3 is 0 Å². The first-order valence-corrected chi connectivity index (χ1v) is 6.73. The van der Waals surface area contributed by atoms with Crippen molar-refractivity contribution in [1.82, 2.24) is 5.32 Å². The Balaban J connectivity index is 2.25. The van der Waals surface area contributed by atoms with Gasteiger partial charge in [-0.3, -0.25) is 4.79 Å². The summed E-state index contributed by atoms with van der Waals surface area (Å²) in [6.07, 6.45) is 7.80. The van der Waals surface area contributed by atoms with E-state index in [1.54, 1.807) is 0 Å². The van der Waals surface area contributed by atoms with E-state index in [1.807, 2.05) is 0 Å². The molecule has 3 N–H and O–H groups in total. The van der Waals surface area contributed by atoms with Gasteiger partial charge in [0.2, 0.25) is 5.91 Å². The second-order valence-corrected chi connectivity index (χ2v) is 5.03. The minimum atomic E-state index is -0.311. The molecule has 1 aliphatic rings. The van der Waals surface area contributed by atoms with E-state index < -0.39 is 0 Å². The fourth-order valence-corrected chi connectivity index (χ4v) is 2.47. The van der Waals surface area contributed by atoms with Gasteiger partial charge in [0.25, 0.3) is 0 Å². The average Bonchev–Trinajstić information content (AvgIpc) is 2.30. The standard InChI is InChI=1S/C13H26N2O/c1-3-5-12(14)13(16)15-11-8-6-10(4-2)7-9-11/h10-12H,3-9,14H2,1-2H3,(H,15,16). The van der Waals surface area contributed by atoms with Crippen LogP contribution in [-0.2, 0) is 4.79 Å². The normalized spacial score (nSPS) is 27.4. The monoisotopic (exact) mass is 226 g/mol. The van der Waals surface area contributed by atoms with E-state index in [0.29, 0.717) is 6.04 Å². The molecule has 1 fully saturated rings. The molecule has 16 heavy (non-hydrogen) atoms. The first-order valence-electron chi connectivity index (χ1n) is 6.73. The van der Waals surface area contributed by atoms with Crippen molar-refractivity contribution in [1.29, 1.82) is 0 Å². The van der Waals surface area contributed by atoms with Crippen molar-refractivity contribution in [3.05, 3.63) is 0 Å². The number of hydrogen-bond donors (Lipinski definition) is 2. The predicted octanol–water partition coefficient (Wildman–Crippen LogP) is 2.20. The van der Waals surface area contributed by atoms with E-state index in [0.717, 1.165) is 31.6 Å². The van der Waals surface area contributed by atoms with E-state index in [1.165, 1.54) is 19.3 Å². The van der Waals surface area contributed by atoms with Gasteiger partial charge in [-0.15, -0.1) is 0 Å². The highest BCUT2D eigenvalue weighted by molar-refractivity contribution is 5.81. The lowest BCUT2D eigenvalue weighted by Crippen LogP contribution is -2.46. The van der Waals surface area contributed by atoms with Crippen molar-refractivity contribution in [2.75, 3.05) is 0 Å². The van der Waals surface area contributed by atoms with Gasteiger partial charge in [0.1, 0.15) is 0 Å². The summed E-state index contributed by atoms with van der Waals surface area (Å²) in [4.78, 5) is 11.7. The fourth-order valence-electron chi connectivity index (χ4n) is 2.47. The Morgan fingerprint density at radius 2 is 1.94 bits per heavy atom. The topological polar surface area (TPSA) is 55.1 Å². The number of hydrogen-bond acceptors (Lipinski definition) is 2. The van der Waals surface area contributed by atoms with Crippen LogP contribution < -0.4 is 11.1 Å². The van der Waals surface area contributed by atoms with Gasteiger partial charge in [0, 0.05) is 6.04 Å².